The summed E-state index contributed by atoms with van der Waals surface area (Å²) in [4.78, 5) is 40.1. The Morgan fingerprint density at radius 3 is 2.59 bits per heavy atom. The maximum atomic E-state index is 14.1. The highest BCUT2D eigenvalue weighted by Gasteiger charge is 2.36. The normalized spacial score (nSPS) is 19.5. The van der Waals surface area contributed by atoms with Gasteiger partial charge in [0.1, 0.15) is 16.9 Å². The fraction of sp³-hybridized carbons (Fsp3) is 0.481. The molecule has 1 aliphatic heterocycles. The third kappa shape index (κ3) is 4.68. The van der Waals surface area contributed by atoms with E-state index in [2.05, 4.69) is 4.98 Å². The molecule has 2 aromatic heterocycles. The topological polar surface area (TPSA) is 89.8 Å². The molecule has 10 heteroatoms. The monoisotopic (exact) mass is 523 g/mol. The number of nitrogens with zero attached hydrogens (tertiary/aromatic N) is 5. The highest BCUT2D eigenvalue weighted by molar-refractivity contribution is 7.98. The van der Waals surface area contributed by atoms with Crippen molar-refractivity contribution in [2.24, 2.45) is 0 Å². The van der Waals surface area contributed by atoms with Crippen molar-refractivity contribution in [3.05, 3.63) is 46.4 Å². The van der Waals surface area contributed by atoms with Gasteiger partial charge in [-0.3, -0.25) is 14.3 Å². The fourth-order valence-corrected chi connectivity index (χ4v) is 5.39. The number of carbonyl (C=O) groups is 1. The van der Waals surface area contributed by atoms with Gasteiger partial charge in [-0.25, -0.2) is 14.8 Å². The van der Waals surface area contributed by atoms with E-state index in [9.17, 15) is 9.59 Å². The van der Waals surface area contributed by atoms with Crippen LogP contribution in [0.15, 0.2) is 40.4 Å². The predicted octanol–water partition coefficient (Wildman–Crippen LogP) is 5.06. The minimum absolute atomic E-state index is 0.00420. The van der Waals surface area contributed by atoms with E-state index in [0.717, 1.165) is 35.2 Å². The molecule has 1 saturated carbocycles. The highest BCUT2D eigenvalue weighted by Crippen LogP contribution is 2.41. The Kier molecular flexibility index (Phi) is 6.66. The maximum Gasteiger partial charge on any atom is 0.414 e. The van der Waals surface area contributed by atoms with E-state index in [1.165, 1.54) is 11.8 Å². The van der Waals surface area contributed by atoms with Crippen LogP contribution in [0.25, 0.3) is 11.0 Å². The Balaban J connectivity index is 1.64. The third-order valence-corrected chi connectivity index (χ3v) is 7.47. The van der Waals surface area contributed by atoms with Gasteiger partial charge in [-0.05, 0) is 64.5 Å². The number of pyridine rings is 1. The highest BCUT2D eigenvalue weighted by atomic mass is 32.2. The summed E-state index contributed by atoms with van der Waals surface area (Å²) in [6.07, 6.45) is 4.97. The van der Waals surface area contributed by atoms with Crippen molar-refractivity contribution < 1.29 is 14.3 Å². The Labute approximate surface area is 220 Å². The van der Waals surface area contributed by atoms with E-state index in [1.807, 2.05) is 67.7 Å². The second kappa shape index (κ2) is 9.64. The van der Waals surface area contributed by atoms with Gasteiger partial charge in [0.15, 0.2) is 5.16 Å². The molecule has 196 valence electrons. The summed E-state index contributed by atoms with van der Waals surface area (Å²) in [5.41, 5.74) is 2.96. The number of amides is 1. The van der Waals surface area contributed by atoms with Gasteiger partial charge in [-0.15, -0.1) is 0 Å². The Morgan fingerprint density at radius 2 is 1.92 bits per heavy atom. The van der Waals surface area contributed by atoms with Crippen LogP contribution in [-0.2, 0) is 9.47 Å². The Morgan fingerprint density at radius 1 is 1.16 bits per heavy atom. The Hall–Kier alpha value is -3.11. The number of aryl methyl sites for hydroxylation is 1. The number of fused-ring (bicyclic) bond motifs is 2. The second-order valence-corrected chi connectivity index (χ2v) is 11.3. The SMILES string of the molecule is COC1CC(n2c(=O)c(N3CCN(C(=O)OC(C)(C)C)c4c(C)cccc43)cc3cnc(SC)nc32)C1. The van der Waals surface area contributed by atoms with Gasteiger partial charge in [0.05, 0.1) is 17.5 Å². The molecule has 3 aromatic rings. The van der Waals surface area contributed by atoms with Crippen molar-refractivity contribution in [2.45, 2.75) is 63.4 Å². The number of para-hydroxylation sites is 1. The van der Waals surface area contributed by atoms with Crippen LogP contribution in [0, 0.1) is 6.92 Å². The molecule has 37 heavy (non-hydrogen) atoms. The van der Waals surface area contributed by atoms with Crippen LogP contribution in [0.3, 0.4) is 0 Å². The van der Waals surface area contributed by atoms with E-state index in [1.54, 1.807) is 18.2 Å². The maximum absolute atomic E-state index is 14.1. The number of benzene rings is 1. The lowest BCUT2D eigenvalue weighted by Gasteiger charge is -2.40. The summed E-state index contributed by atoms with van der Waals surface area (Å²) in [6, 6.07) is 7.74. The van der Waals surface area contributed by atoms with Crippen LogP contribution >= 0.6 is 11.8 Å². The van der Waals surface area contributed by atoms with Crippen LogP contribution in [-0.4, -0.2) is 58.8 Å². The zero-order valence-electron chi connectivity index (χ0n) is 22.1. The van der Waals surface area contributed by atoms with Gasteiger partial charge in [-0.1, -0.05) is 23.9 Å². The molecule has 0 saturated heterocycles. The van der Waals surface area contributed by atoms with Crippen LogP contribution in [0.5, 0.6) is 0 Å². The fourth-order valence-electron chi connectivity index (χ4n) is 5.06. The first-order valence-electron chi connectivity index (χ1n) is 12.5. The van der Waals surface area contributed by atoms with E-state index in [-0.39, 0.29) is 17.7 Å². The van der Waals surface area contributed by atoms with Crippen LogP contribution in [0.2, 0.25) is 0 Å². The molecule has 0 spiro atoms. The number of hydrogen-bond acceptors (Lipinski definition) is 8. The first-order chi connectivity index (χ1) is 17.6. The molecule has 1 amide bonds. The lowest BCUT2D eigenvalue weighted by atomic mass is 9.88. The van der Waals surface area contributed by atoms with Gasteiger partial charge >= 0.3 is 6.09 Å². The molecule has 1 aliphatic carbocycles. The summed E-state index contributed by atoms with van der Waals surface area (Å²) >= 11 is 1.45. The molecule has 3 heterocycles. The zero-order valence-corrected chi connectivity index (χ0v) is 23.0. The molecular weight excluding hydrogens is 490 g/mol. The first kappa shape index (κ1) is 25.5. The number of thioether (sulfide) groups is 1. The average Bonchev–Trinajstić information content (AvgIpc) is 2.82. The van der Waals surface area contributed by atoms with Crippen molar-refractivity contribution in [3.63, 3.8) is 0 Å². The molecule has 1 fully saturated rings. The van der Waals surface area contributed by atoms with E-state index in [0.29, 0.717) is 29.6 Å². The molecule has 1 aromatic carbocycles. The number of carbonyl (C=O) groups excluding carboxylic acids is 1. The molecule has 0 N–H and O–H groups in total. The summed E-state index contributed by atoms with van der Waals surface area (Å²) in [7, 11) is 1.70. The van der Waals surface area contributed by atoms with E-state index in [4.69, 9.17) is 14.5 Å². The molecule has 0 bridgehead atoms. The van der Waals surface area contributed by atoms with Crippen molar-refractivity contribution in [3.8, 4) is 0 Å². The molecule has 0 radical (unpaired) electrons. The number of methoxy groups -OCH3 is 1. The lowest BCUT2D eigenvalue weighted by Crippen LogP contribution is -2.47. The quantitative estimate of drug-likeness (QED) is 0.346. The van der Waals surface area contributed by atoms with Crippen LogP contribution in [0.1, 0.15) is 45.2 Å². The minimum Gasteiger partial charge on any atom is -0.443 e. The second-order valence-electron chi connectivity index (χ2n) is 10.5. The van der Waals surface area contributed by atoms with Crippen molar-refractivity contribution in [1.82, 2.24) is 14.5 Å². The summed E-state index contributed by atoms with van der Waals surface area (Å²) < 4.78 is 13.0. The number of rotatable bonds is 4. The predicted molar refractivity (Wildman–Crippen MR) is 146 cm³/mol. The van der Waals surface area contributed by atoms with Gasteiger partial charge in [-0.2, -0.15) is 0 Å². The van der Waals surface area contributed by atoms with Crippen LogP contribution in [0.4, 0.5) is 21.9 Å². The standard InChI is InChI=1S/C27H33N5O4S/c1-16-8-7-9-20-22(16)31(26(34)36-27(2,3)4)11-10-30(20)21-12-17-15-28-25(37-6)29-23(17)32(24(21)33)18-13-19(14-18)35-5/h7-9,12,15,18-19H,10-11,13-14H2,1-6H3. The summed E-state index contributed by atoms with van der Waals surface area (Å²) in [5, 5.41) is 1.43. The van der Waals surface area contributed by atoms with Gasteiger partial charge in [0.2, 0.25) is 0 Å². The van der Waals surface area contributed by atoms with E-state index < -0.39 is 11.7 Å². The lowest BCUT2D eigenvalue weighted by molar-refractivity contribution is 0.00637. The molecular formula is C27H33N5O4S. The average molecular weight is 524 g/mol. The zero-order chi connectivity index (χ0) is 26.5. The van der Waals surface area contributed by atoms with Gasteiger partial charge < -0.3 is 14.4 Å². The molecule has 9 nitrogen and oxygen atoms in total. The number of aromatic nitrogens is 3. The third-order valence-electron chi connectivity index (χ3n) is 6.91. The van der Waals surface area contributed by atoms with Crippen LogP contribution < -0.4 is 15.4 Å². The number of hydrogen-bond donors (Lipinski definition) is 0. The van der Waals surface area contributed by atoms with Crippen molar-refractivity contribution >= 4 is 46.0 Å². The van der Waals surface area contributed by atoms with E-state index >= 15 is 0 Å². The molecule has 0 unspecified atom stereocenters. The number of anilines is 3. The van der Waals surface area contributed by atoms with Gasteiger partial charge in [0.25, 0.3) is 5.56 Å². The largest absolute Gasteiger partial charge is 0.443 e. The summed E-state index contributed by atoms with van der Waals surface area (Å²) in [6.45, 7) is 8.38. The smallest absolute Gasteiger partial charge is 0.414 e. The number of ether oxygens (including phenoxy) is 2. The summed E-state index contributed by atoms with van der Waals surface area (Å²) in [5.74, 6) is 0. The van der Waals surface area contributed by atoms with Crippen molar-refractivity contribution in [1.29, 1.82) is 0 Å². The minimum atomic E-state index is -0.610. The first-order valence-corrected chi connectivity index (χ1v) is 13.7. The molecule has 2 aliphatic rings. The van der Waals surface area contributed by atoms with Crippen molar-refractivity contribution in [2.75, 3.05) is 36.3 Å². The molecule has 5 rings (SSSR count). The van der Waals surface area contributed by atoms with Gasteiger partial charge in [0, 0.05) is 37.8 Å². The molecule has 0 atom stereocenters. The Bertz CT molecular complexity index is 1410.